The number of nitrogens with zero attached hydrogens (tertiary/aromatic N) is 1. The minimum absolute atomic E-state index is 0.0187. The van der Waals surface area contributed by atoms with E-state index >= 15 is 0 Å². The van der Waals surface area contributed by atoms with Gasteiger partial charge in [0, 0.05) is 23.7 Å². The summed E-state index contributed by atoms with van der Waals surface area (Å²) in [5, 5.41) is 0.578. The molecule has 0 radical (unpaired) electrons. The molecule has 0 bridgehead atoms. The normalized spacial score (nSPS) is 17.8. The summed E-state index contributed by atoms with van der Waals surface area (Å²) < 4.78 is -0.166. The highest BCUT2D eigenvalue weighted by Gasteiger charge is 2.37. The molecule has 0 aromatic heterocycles. The number of rotatable bonds is 3. The zero-order valence-corrected chi connectivity index (χ0v) is 13.7. The van der Waals surface area contributed by atoms with Crippen LogP contribution in [0.1, 0.15) is 23.2 Å². The van der Waals surface area contributed by atoms with Crippen LogP contribution in [0.2, 0.25) is 5.02 Å². The first kappa shape index (κ1) is 15.6. The number of likely N-dealkylation sites (tertiary alicyclic amines) is 1. The van der Waals surface area contributed by atoms with Crippen molar-refractivity contribution >= 4 is 46.5 Å². The Morgan fingerprint density at radius 3 is 2.60 bits per heavy atom. The van der Waals surface area contributed by atoms with Crippen molar-refractivity contribution in [2.24, 2.45) is 5.73 Å². The third-order valence-corrected chi connectivity index (χ3v) is 5.93. The zero-order chi connectivity index (χ0) is 14.8. The fraction of sp³-hybridized carbons (Fsp3) is 0.429. The Labute approximate surface area is 133 Å². The highest BCUT2D eigenvalue weighted by atomic mass is 35.5. The SMILES string of the molecule is CSC1(C(N)=S)CCN(C(=O)c2cccc(Cl)c2)CC1. The van der Waals surface area contributed by atoms with Crippen molar-refractivity contribution < 1.29 is 4.79 Å². The quantitative estimate of drug-likeness (QED) is 0.867. The number of thioether (sulfide) groups is 1. The molecule has 20 heavy (non-hydrogen) atoms. The van der Waals surface area contributed by atoms with Gasteiger partial charge in [-0.05, 0) is 37.3 Å². The van der Waals surface area contributed by atoms with Gasteiger partial charge >= 0.3 is 0 Å². The Morgan fingerprint density at radius 1 is 1.45 bits per heavy atom. The lowest BCUT2D eigenvalue weighted by molar-refractivity contribution is 0.0719. The first-order valence-electron chi connectivity index (χ1n) is 6.38. The summed E-state index contributed by atoms with van der Waals surface area (Å²) >= 11 is 12.8. The molecule has 1 aliphatic rings. The molecule has 108 valence electrons. The van der Waals surface area contributed by atoms with Gasteiger partial charge < -0.3 is 10.6 Å². The summed E-state index contributed by atoms with van der Waals surface area (Å²) in [7, 11) is 0. The van der Waals surface area contributed by atoms with Crippen LogP contribution in [0.5, 0.6) is 0 Å². The van der Waals surface area contributed by atoms with Crippen molar-refractivity contribution in [3.05, 3.63) is 34.9 Å². The van der Waals surface area contributed by atoms with E-state index in [1.54, 1.807) is 36.0 Å². The average Bonchev–Trinajstić information content (AvgIpc) is 2.46. The number of nitrogens with two attached hydrogens (primary N) is 1. The fourth-order valence-corrected chi connectivity index (χ4v) is 3.86. The summed E-state index contributed by atoms with van der Waals surface area (Å²) in [6, 6.07) is 7.05. The number of benzene rings is 1. The second-order valence-electron chi connectivity index (χ2n) is 4.87. The standard InChI is InChI=1S/C14H17ClN2OS2/c1-20-14(13(16)19)5-7-17(8-6-14)12(18)10-3-2-4-11(15)9-10/h2-4,9H,5-8H2,1H3,(H2,16,19). The van der Waals surface area contributed by atoms with E-state index in [1.807, 2.05) is 11.2 Å². The summed E-state index contributed by atoms with van der Waals surface area (Å²) in [5.74, 6) is 0.0187. The Morgan fingerprint density at radius 2 is 2.10 bits per heavy atom. The second-order valence-corrected chi connectivity index (χ2v) is 6.93. The summed E-state index contributed by atoms with van der Waals surface area (Å²) in [6.07, 6.45) is 3.62. The van der Waals surface area contributed by atoms with Crippen molar-refractivity contribution in [1.82, 2.24) is 4.90 Å². The van der Waals surface area contributed by atoms with Crippen molar-refractivity contribution in [3.8, 4) is 0 Å². The molecule has 1 heterocycles. The molecule has 0 aliphatic carbocycles. The third-order valence-electron chi connectivity index (χ3n) is 3.77. The second kappa shape index (κ2) is 6.33. The number of hydrogen-bond donors (Lipinski definition) is 1. The summed E-state index contributed by atoms with van der Waals surface area (Å²) in [4.78, 5) is 14.8. The van der Waals surface area contributed by atoms with Crippen LogP contribution in [-0.4, -0.2) is 39.9 Å². The van der Waals surface area contributed by atoms with Crippen molar-refractivity contribution in [2.45, 2.75) is 17.6 Å². The van der Waals surface area contributed by atoms with Gasteiger partial charge in [0.05, 0.1) is 9.74 Å². The lowest BCUT2D eigenvalue weighted by Crippen LogP contribution is -2.50. The Kier molecular flexibility index (Phi) is 4.94. The van der Waals surface area contributed by atoms with Crippen molar-refractivity contribution in [3.63, 3.8) is 0 Å². The Balaban J connectivity index is 2.07. The predicted molar refractivity (Wildman–Crippen MR) is 89.6 cm³/mol. The molecule has 1 aromatic carbocycles. The predicted octanol–water partition coefficient (Wildman–Crippen LogP) is 2.96. The molecule has 1 amide bonds. The maximum absolute atomic E-state index is 12.4. The van der Waals surface area contributed by atoms with E-state index in [1.165, 1.54) is 0 Å². The van der Waals surface area contributed by atoms with Crippen LogP contribution in [0.25, 0.3) is 0 Å². The third kappa shape index (κ3) is 3.10. The van der Waals surface area contributed by atoms with E-state index in [0.29, 0.717) is 28.7 Å². The first-order chi connectivity index (χ1) is 9.48. The fourth-order valence-electron chi connectivity index (χ4n) is 2.43. The molecule has 1 saturated heterocycles. The molecular formula is C14H17ClN2OS2. The smallest absolute Gasteiger partial charge is 0.253 e. The molecule has 0 saturated carbocycles. The van der Waals surface area contributed by atoms with E-state index in [9.17, 15) is 4.79 Å². The van der Waals surface area contributed by atoms with E-state index in [-0.39, 0.29) is 10.7 Å². The van der Waals surface area contributed by atoms with Crippen LogP contribution in [0.3, 0.4) is 0 Å². The van der Waals surface area contributed by atoms with Gasteiger partial charge in [-0.15, -0.1) is 0 Å². The Bertz CT molecular complexity index is 528. The van der Waals surface area contributed by atoms with Gasteiger partial charge in [-0.1, -0.05) is 29.9 Å². The molecule has 0 unspecified atom stereocenters. The topological polar surface area (TPSA) is 46.3 Å². The van der Waals surface area contributed by atoms with E-state index in [0.717, 1.165) is 12.8 Å². The van der Waals surface area contributed by atoms with Crippen LogP contribution in [0.4, 0.5) is 0 Å². The molecule has 6 heteroatoms. The number of halogens is 1. The zero-order valence-electron chi connectivity index (χ0n) is 11.3. The molecule has 2 rings (SSSR count). The molecule has 3 nitrogen and oxygen atoms in total. The van der Waals surface area contributed by atoms with Crippen LogP contribution in [-0.2, 0) is 0 Å². The number of piperidine rings is 1. The van der Waals surface area contributed by atoms with Gasteiger partial charge in [0.2, 0.25) is 0 Å². The number of amides is 1. The highest BCUT2D eigenvalue weighted by Crippen LogP contribution is 2.35. The molecule has 0 atom stereocenters. The average molecular weight is 329 g/mol. The van der Waals surface area contributed by atoms with Gasteiger partial charge in [0.15, 0.2) is 0 Å². The Hall–Kier alpha value is -0.780. The molecule has 2 N–H and O–H groups in total. The van der Waals surface area contributed by atoms with E-state index in [2.05, 4.69) is 0 Å². The maximum Gasteiger partial charge on any atom is 0.253 e. The van der Waals surface area contributed by atoms with E-state index < -0.39 is 0 Å². The monoisotopic (exact) mass is 328 g/mol. The highest BCUT2D eigenvalue weighted by molar-refractivity contribution is 8.02. The van der Waals surface area contributed by atoms with Crippen LogP contribution < -0.4 is 5.73 Å². The largest absolute Gasteiger partial charge is 0.392 e. The molecule has 1 aliphatic heterocycles. The number of carbonyl (C=O) groups excluding carboxylic acids is 1. The minimum Gasteiger partial charge on any atom is -0.392 e. The van der Waals surface area contributed by atoms with Crippen molar-refractivity contribution in [1.29, 1.82) is 0 Å². The van der Waals surface area contributed by atoms with E-state index in [4.69, 9.17) is 29.6 Å². The maximum atomic E-state index is 12.4. The van der Waals surface area contributed by atoms with Crippen LogP contribution >= 0.6 is 35.6 Å². The van der Waals surface area contributed by atoms with Gasteiger partial charge in [0.1, 0.15) is 0 Å². The van der Waals surface area contributed by atoms with Crippen LogP contribution in [0.15, 0.2) is 24.3 Å². The van der Waals surface area contributed by atoms with Gasteiger partial charge in [-0.25, -0.2) is 0 Å². The lowest BCUT2D eigenvalue weighted by Gasteiger charge is -2.40. The molecule has 1 aromatic rings. The van der Waals surface area contributed by atoms with Crippen LogP contribution in [0, 0.1) is 0 Å². The number of hydrogen-bond acceptors (Lipinski definition) is 3. The minimum atomic E-state index is -0.166. The van der Waals surface area contributed by atoms with Crippen molar-refractivity contribution in [2.75, 3.05) is 19.3 Å². The molecule has 1 fully saturated rings. The number of carbonyl (C=O) groups is 1. The lowest BCUT2D eigenvalue weighted by atomic mass is 9.95. The van der Waals surface area contributed by atoms with Gasteiger partial charge in [0.25, 0.3) is 5.91 Å². The first-order valence-corrected chi connectivity index (χ1v) is 8.39. The molecule has 0 spiro atoms. The summed E-state index contributed by atoms with van der Waals surface area (Å²) in [6.45, 7) is 1.34. The number of thiocarbonyl (C=S) groups is 1. The van der Waals surface area contributed by atoms with Gasteiger partial charge in [-0.3, -0.25) is 4.79 Å². The van der Waals surface area contributed by atoms with Gasteiger partial charge in [-0.2, -0.15) is 11.8 Å². The molecular weight excluding hydrogens is 312 g/mol. The summed E-state index contributed by atoms with van der Waals surface area (Å²) in [5.41, 5.74) is 6.48.